The third-order valence-electron chi connectivity index (χ3n) is 3.33. The van der Waals surface area contributed by atoms with Crippen molar-refractivity contribution in [1.29, 1.82) is 0 Å². The average Bonchev–Trinajstić information content (AvgIpc) is 2.22. The molecule has 0 aliphatic carbocycles. The Hall–Kier alpha value is -1.51. The summed E-state index contributed by atoms with van der Waals surface area (Å²) in [4.78, 5) is 10.7. The van der Waals surface area contributed by atoms with E-state index in [1.807, 2.05) is 13.8 Å². The average molecular weight is 236 g/mol. The Bertz CT molecular complexity index is 433. The first kappa shape index (κ1) is 13.6. The maximum Gasteiger partial charge on any atom is 0.307 e. The summed E-state index contributed by atoms with van der Waals surface area (Å²) in [5, 5.41) is 18.9. The van der Waals surface area contributed by atoms with E-state index in [1.165, 1.54) is 0 Å². The van der Waals surface area contributed by atoms with Crippen LogP contribution in [-0.4, -0.2) is 16.2 Å². The van der Waals surface area contributed by atoms with Crippen LogP contribution in [0.4, 0.5) is 0 Å². The van der Waals surface area contributed by atoms with E-state index in [0.717, 1.165) is 23.1 Å². The van der Waals surface area contributed by atoms with E-state index in [0.29, 0.717) is 0 Å². The summed E-state index contributed by atoms with van der Waals surface area (Å²) in [5.74, 6) is -0.568. The standard InChI is InChI=1S/C14H20O3/c1-5-14(3,4)11-7-10(8-12(15)16)6-9(2)13(11)17/h6-7,17H,5,8H2,1-4H3,(H,15,16). The largest absolute Gasteiger partial charge is 0.507 e. The van der Waals surface area contributed by atoms with Crippen molar-refractivity contribution in [3.8, 4) is 5.75 Å². The van der Waals surface area contributed by atoms with Gasteiger partial charge < -0.3 is 10.2 Å². The van der Waals surface area contributed by atoms with Gasteiger partial charge in [-0.3, -0.25) is 4.79 Å². The summed E-state index contributed by atoms with van der Waals surface area (Å²) >= 11 is 0. The number of benzene rings is 1. The lowest BCUT2D eigenvalue weighted by Gasteiger charge is -2.26. The highest BCUT2D eigenvalue weighted by molar-refractivity contribution is 5.70. The van der Waals surface area contributed by atoms with Gasteiger partial charge >= 0.3 is 5.97 Å². The lowest BCUT2D eigenvalue weighted by atomic mass is 9.80. The van der Waals surface area contributed by atoms with Gasteiger partial charge in [0.05, 0.1) is 6.42 Å². The molecule has 0 saturated heterocycles. The fourth-order valence-electron chi connectivity index (χ4n) is 1.84. The van der Waals surface area contributed by atoms with E-state index in [4.69, 9.17) is 5.11 Å². The fourth-order valence-corrected chi connectivity index (χ4v) is 1.84. The molecule has 0 saturated carbocycles. The van der Waals surface area contributed by atoms with Gasteiger partial charge in [-0.25, -0.2) is 0 Å². The Morgan fingerprint density at radius 1 is 1.35 bits per heavy atom. The Kier molecular flexibility index (Phi) is 3.81. The van der Waals surface area contributed by atoms with Crippen molar-refractivity contribution >= 4 is 5.97 Å². The van der Waals surface area contributed by atoms with E-state index in [1.54, 1.807) is 19.1 Å². The highest BCUT2D eigenvalue weighted by Crippen LogP contribution is 2.36. The second-order valence-corrected chi connectivity index (χ2v) is 5.12. The normalized spacial score (nSPS) is 11.5. The molecule has 1 aromatic carbocycles. The number of phenols is 1. The number of hydrogen-bond acceptors (Lipinski definition) is 2. The highest BCUT2D eigenvalue weighted by Gasteiger charge is 2.23. The summed E-state index contributed by atoms with van der Waals surface area (Å²) in [6.07, 6.45) is 0.879. The Morgan fingerprint density at radius 3 is 2.41 bits per heavy atom. The van der Waals surface area contributed by atoms with Crippen molar-refractivity contribution in [2.24, 2.45) is 0 Å². The molecule has 0 aliphatic rings. The third kappa shape index (κ3) is 2.99. The Labute approximate surface area is 102 Å². The predicted octanol–water partition coefficient (Wildman–Crippen LogP) is 3.02. The van der Waals surface area contributed by atoms with Crippen LogP contribution in [0.2, 0.25) is 0 Å². The zero-order valence-electron chi connectivity index (χ0n) is 10.9. The van der Waals surface area contributed by atoms with Crippen molar-refractivity contribution in [3.63, 3.8) is 0 Å². The number of hydrogen-bond donors (Lipinski definition) is 2. The molecule has 0 spiro atoms. The summed E-state index contributed by atoms with van der Waals surface area (Å²) in [6, 6.07) is 3.54. The smallest absolute Gasteiger partial charge is 0.307 e. The van der Waals surface area contributed by atoms with Gasteiger partial charge in [0.25, 0.3) is 0 Å². The van der Waals surface area contributed by atoms with Crippen LogP contribution in [0.1, 0.15) is 43.9 Å². The first-order chi connectivity index (χ1) is 7.77. The molecule has 0 radical (unpaired) electrons. The summed E-state index contributed by atoms with van der Waals surface area (Å²) in [7, 11) is 0. The summed E-state index contributed by atoms with van der Waals surface area (Å²) in [5.41, 5.74) is 2.16. The lowest BCUT2D eigenvalue weighted by Crippen LogP contribution is -2.17. The maximum absolute atomic E-state index is 10.7. The minimum Gasteiger partial charge on any atom is -0.507 e. The SMILES string of the molecule is CCC(C)(C)c1cc(CC(=O)O)cc(C)c1O. The molecular formula is C14H20O3. The van der Waals surface area contributed by atoms with E-state index in [9.17, 15) is 9.90 Å². The second kappa shape index (κ2) is 4.78. The first-order valence-electron chi connectivity index (χ1n) is 5.82. The van der Waals surface area contributed by atoms with Crippen LogP contribution in [0, 0.1) is 6.92 Å². The third-order valence-corrected chi connectivity index (χ3v) is 3.33. The van der Waals surface area contributed by atoms with Gasteiger partial charge in [0.2, 0.25) is 0 Å². The van der Waals surface area contributed by atoms with Crippen LogP contribution < -0.4 is 0 Å². The van der Waals surface area contributed by atoms with E-state index in [2.05, 4.69) is 6.92 Å². The van der Waals surface area contributed by atoms with Gasteiger partial charge in [0.1, 0.15) is 5.75 Å². The lowest BCUT2D eigenvalue weighted by molar-refractivity contribution is -0.136. The fraction of sp³-hybridized carbons (Fsp3) is 0.500. The molecular weight excluding hydrogens is 216 g/mol. The molecule has 94 valence electrons. The zero-order valence-corrected chi connectivity index (χ0v) is 10.9. The Balaban J connectivity index is 3.29. The van der Waals surface area contributed by atoms with E-state index < -0.39 is 5.97 Å². The van der Waals surface area contributed by atoms with Crippen molar-refractivity contribution in [1.82, 2.24) is 0 Å². The van der Waals surface area contributed by atoms with Crippen LogP contribution in [-0.2, 0) is 16.6 Å². The minimum absolute atomic E-state index is 0.00604. The molecule has 17 heavy (non-hydrogen) atoms. The molecule has 1 aromatic rings. The van der Waals surface area contributed by atoms with Crippen LogP contribution in [0.3, 0.4) is 0 Å². The summed E-state index contributed by atoms with van der Waals surface area (Å²) < 4.78 is 0. The van der Waals surface area contributed by atoms with Gasteiger partial charge in [-0.2, -0.15) is 0 Å². The first-order valence-corrected chi connectivity index (χ1v) is 5.82. The quantitative estimate of drug-likeness (QED) is 0.844. The van der Waals surface area contributed by atoms with Crippen LogP contribution in [0.25, 0.3) is 0 Å². The van der Waals surface area contributed by atoms with Crippen molar-refractivity contribution < 1.29 is 15.0 Å². The molecule has 2 N–H and O–H groups in total. The molecule has 3 nitrogen and oxygen atoms in total. The maximum atomic E-state index is 10.7. The molecule has 0 unspecified atom stereocenters. The van der Waals surface area contributed by atoms with E-state index >= 15 is 0 Å². The number of aromatic hydroxyl groups is 1. The minimum atomic E-state index is -0.852. The molecule has 0 aliphatic heterocycles. The number of aliphatic carboxylic acids is 1. The van der Waals surface area contributed by atoms with Gasteiger partial charge in [-0.05, 0) is 29.9 Å². The van der Waals surface area contributed by atoms with Crippen molar-refractivity contribution in [2.75, 3.05) is 0 Å². The number of phenolic OH excluding ortho intramolecular Hbond substituents is 1. The molecule has 0 amide bonds. The van der Waals surface area contributed by atoms with Gasteiger partial charge in [-0.15, -0.1) is 0 Å². The van der Waals surface area contributed by atoms with Crippen molar-refractivity contribution in [3.05, 3.63) is 28.8 Å². The number of carboxylic acid groups (broad SMARTS) is 1. The molecule has 0 heterocycles. The monoisotopic (exact) mass is 236 g/mol. The number of carboxylic acids is 1. The summed E-state index contributed by atoms with van der Waals surface area (Å²) in [6.45, 7) is 7.95. The molecule has 0 fully saturated rings. The highest BCUT2D eigenvalue weighted by atomic mass is 16.4. The van der Waals surface area contributed by atoms with Crippen molar-refractivity contribution in [2.45, 2.75) is 46.0 Å². The molecule has 0 aromatic heterocycles. The Morgan fingerprint density at radius 2 is 1.94 bits per heavy atom. The topological polar surface area (TPSA) is 57.5 Å². The van der Waals surface area contributed by atoms with Crippen LogP contribution in [0.15, 0.2) is 12.1 Å². The molecule has 1 rings (SSSR count). The number of rotatable bonds is 4. The second-order valence-electron chi connectivity index (χ2n) is 5.12. The number of carbonyl (C=O) groups is 1. The number of aryl methyl sites for hydroxylation is 1. The molecule has 0 bridgehead atoms. The van der Waals surface area contributed by atoms with E-state index in [-0.39, 0.29) is 17.6 Å². The van der Waals surface area contributed by atoms with Crippen LogP contribution in [0.5, 0.6) is 5.75 Å². The molecule has 0 atom stereocenters. The zero-order chi connectivity index (χ0) is 13.2. The molecule has 3 heteroatoms. The predicted molar refractivity (Wildman–Crippen MR) is 67.5 cm³/mol. The van der Waals surface area contributed by atoms with Crippen LogP contribution >= 0.6 is 0 Å². The van der Waals surface area contributed by atoms with Gasteiger partial charge in [0, 0.05) is 5.56 Å². The van der Waals surface area contributed by atoms with Gasteiger partial charge in [0.15, 0.2) is 0 Å². The van der Waals surface area contributed by atoms with Gasteiger partial charge in [-0.1, -0.05) is 32.9 Å².